The highest BCUT2D eigenvalue weighted by atomic mass is 16.4. The van der Waals surface area contributed by atoms with E-state index in [4.69, 9.17) is 5.11 Å². The SMILES string of the molecule is CCC.CCCC(CC)C(=O)O.CCCCc1ccccc1CCc1cccc(C)c1. The van der Waals surface area contributed by atoms with E-state index in [1.165, 1.54) is 47.9 Å². The van der Waals surface area contributed by atoms with Gasteiger partial charge in [0.2, 0.25) is 0 Å². The van der Waals surface area contributed by atoms with Gasteiger partial charge in [-0.15, -0.1) is 0 Å². The lowest BCUT2D eigenvalue weighted by Gasteiger charge is -2.09. The Bertz CT molecular complexity index is 705. The monoisotopic (exact) mass is 426 g/mol. The number of carbonyl (C=O) groups is 1. The molecule has 2 rings (SSSR count). The van der Waals surface area contributed by atoms with Crippen LogP contribution >= 0.6 is 0 Å². The molecule has 1 unspecified atom stereocenters. The summed E-state index contributed by atoms with van der Waals surface area (Å²) >= 11 is 0. The quantitative estimate of drug-likeness (QED) is 0.414. The van der Waals surface area contributed by atoms with E-state index in [0.29, 0.717) is 0 Å². The van der Waals surface area contributed by atoms with Crippen LogP contribution < -0.4 is 0 Å². The third kappa shape index (κ3) is 13.8. The van der Waals surface area contributed by atoms with Crippen molar-refractivity contribution in [3.8, 4) is 0 Å². The zero-order valence-corrected chi connectivity index (χ0v) is 20.9. The molecule has 0 aromatic heterocycles. The number of benzene rings is 2. The maximum atomic E-state index is 10.3. The fourth-order valence-corrected chi connectivity index (χ4v) is 3.41. The number of aliphatic carboxylic acids is 1. The van der Waals surface area contributed by atoms with Crippen molar-refractivity contribution in [2.24, 2.45) is 5.92 Å². The van der Waals surface area contributed by atoms with E-state index in [9.17, 15) is 4.79 Å². The van der Waals surface area contributed by atoms with Crippen molar-refractivity contribution in [1.82, 2.24) is 0 Å². The summed E-state index contributed by atoms with van der Waals surface area (Å²) in [6.45, 7) is 12.6. The van der Waals surface area contributed by atoms with Crippen LogP contribution in [-0.2, 0) is 24.1 Å². The smallest absolute Gasteiger partial charge is 0.306 e. The number of rotatable bonds is 10. The molecule has 0 radical (unpaired) electrons. The summed E-state index contributed by atoms with van der Waals surface area (Å²) in [7, 11) is 0. The maximum absolute atomic E-state index is 10.3. The van der Waals surface area contributed by atoms with Gasteiger partial charge in [0.1, 0.15) is 0 Å². The predicted octanol–water partition coefficient (Wildman–Crippen LogP) is 8.44. The highest BCUT2D eigenvalue weighted by Crippen LogP contribution is 2.15. The highest BCUT2D eigenvalue weighted by Gasteiger charge is 2.12. The highest BCUT2D eigenvalue weighted by molar-refractivity contribution is 5.69. The molecule has 0 aliphatic heterocycles. The topological polar surface area (TPSA) is 37.3 Å². The molecule has 0 aliphatic carbocycles. The minimum Gasteiger partial charge on any atom is -0.481 e. The number of carboxylic acids is 1. The van der Waals surface area contributed by atoms with Crippen molar-refractivity contribution < 1.29 is 9.90 Å². The number of hydrogen-bond donors (Lipinski definition) is 1. The third-order valence-corrected chi connectivity index (χ3v) is 5.16. The molecular formula is C29H46O2. The summed E-state index contributed by atoms with van der Waals surface area (Å²) in [5, 5.41) is 8.50. The molecule has 1 atom stereocenters. The van der Waals surface area contributed by atoms with E-state index in [1.807, 2.05) is 13.8 Å². The summed E-state index contributed by atoms with van der Waals surface area (Å²) in [4.78, 5) is 10.3. The van der Waals surface area contributed by atoms with Gasteiger partial charge in [0.25, 0.3) is 0 Å². The van der Waals surface area contributed by atoms with Crippen molar-refractivity contribution in [2.45, 2.75) is 99.3 Å². The Kier molecular flexibility index (Phi) is 17.4. The molecule has 0 amide bonds. The lowest BCUT2D eigenvalue weighted by atomic mass is 9.96. The lowest BCUT2D eigenvalue weighted by Crippen LogP contribution is -2.11. The van der Waals surface area contributed by atoms with E-state index in [0.717, 1.165) is 32.1 Å². The summed E-state index contributed by atoms with van der Waals surface area (Å²) in [5.41, 5.74) is 5.87. The van der Waals surface area contributed by atoms with E-state index in [-0.39, 0.29) is 5.92 Å². The van der Waals surface area contributed by atoms with E-state index >= 15 is 0 Å². The Morgan fingerprint density at radius 1 is 0.839 bits per heavy atom. The standard InChI is InChI=1S/C19H24.C7H14O2.C3H8/c1-3-4-10-18-11-5-6-12-19(18)14-13-17-9-7-8-16(2)15-17;1-3-5-6(4-2)7(8)9;1-3-2/h5-9,11-12,15H,3-4,10,13-14H2,1-2H3;6H,3-5H2,1-2H3,(H,8,9);3H2,1-2H3. The van der Waals surface area contributed by atoms with Gasteiger partial charge in [-0.3, -0.25) is 4.79 Å². The molecule has 174 valence electrons. The fraction of sp³-hybridized carbons (Fsp3) is 0.552. The Hall–Kier alpha value is -2.09. The second-order valence-electron chi connectivity index (χ2n) is 8.30. The van der Waals surface area contributed by atoms with Crippen LogP contribution in [0.1, 0.15) is 95.4 Å². The fourth-order valence-electron chi connectivity index (χ4n) is 3.41. The van der Waals surface area contributed by atoms with Gasteiger partial charge >= 0.3 is 5.97 Å². The summed E-state index contributed by atoms with van der Waals surface area (Å²) < 4.78 is 0. The van der Waals surface area contributed by atoms with Gasteiger partial charge in [-0.25, -0.2) is 0 Å². The molecule has 0 spiro atoms. The van der Waals surface area contributed by atoms with Crippen LogP contribution in [0.15, 0.2) is 48.5 Å². The van der Waals surface area contributed by atoms with Crippen molar-refractivity contribution in [3.05, 3.63) is 70.8 Å². The van der Waals surface area contributed by atoms with E-state index in [1.54, 1.807) is 0 Å². The number of aryl methyl sites for hydroxylation is 4. The number of carboxylic acid groups (broad SMARTS) is 1. The third-order valence-electron chi connectivity index (χ3n) is 5.16. The molecule has 0 heterocycles. The van der Waals surface area contributed by atoms with Gasteiger partial charge in [0.05, 0.1) is 5.92 Å². The van der Waals surface area contributed by atoms with Crippen LogP contribution in [0.5, 0.6) is 0 Å². The average molecular weight is 427 g/mol. The lowest BCUT2D eigenvalue weighted by molar-refractivity contribution is -0.142. The van der Waals surface area contributed by atoms with Crippen molar-refractivity contribution in [1.29, 1.82) is 0 Å². The minimum absolute atomic E-state index is 0.116. The Balaban J connectivity index is 0.000000631. The molecule has 2 aromatic carbocycles. The van der Waals surface area contributed by atoms with Crippen LogP contribution in [-0.4, -0.2) is 11.1 Å². The zero-order chi connectivity index (χ0) is 23.5. The first-order valence-corrected chi connectivity index (χ1v) is 12.3. The van der Waals surface area contributed by atoms with Crippen LogP contribution in [0, 0.1) is 12.8 Å². The Morgan fingerprint density at radius 3 is 1.90 bits per heavy atom. The molecule has 1 N–H and O–H groups in total. The van der Waals surface area contributed by atoms with Crippen molar-refractivity contribution in [3.63, 3.8) is 0 Å². The number of unbranched alkanes of at least 4 members (excludes halogenated alkanes) is 1. The second kappa shape index (κ2) is 18.7. The molecular weight excluding hydrogens is 380 g/mol. The van der Waals surface area contributed by atoms with Crippen molar-refractivity contribution in [2.75, 3.05) is 0 Å². The summed E-state index contributed by atoms with van der Waals surface area (Å²) in [6, 6.07) is 17.8. The zero-order valence-electron chi connectivity index (χ0n) is 20.9. The molecule has 2 nitrogen and oxygen atoms in total. The summed E-state index contributed by atoms with van der Waals surface area (Å²) in [6.07, 6.45) is 9.86. The molecule has 31 heavy (non-hydrogen) atoms. The van der Waals surface area contributed by atoms with Crippen LogP contribution in [0.4, 0.5) is 0 Å². The van der Waals surface area contributed by atoms with Gasteiger partial charge in [-0.2, -0.15) is 0 Å². The average Bonchev–Trinajstić information content (AvgIpc) is 2.76. The molecule has 2 heteroatoms. The van der Waals surface area contributed by atoms with Gasteiger partial charge in [0, 0.05) is 0 Å². The molecule has 0 fully saturated rings. The van der Waals surface area contributed by atoms with Gasteiger partial charge in [-0.05, 0) is 62.1 Å². The molecule has 0 saturated carbocycles. The Labute approximate surface area is 192 Å². The normalized spacial score (nSPS) is 10.9. The first kappa shape index (κ1) is 28.9. The van der Waals surface area contributed by atoms with E-state index < -0.39 is 5.97 Å². The first-order chi connectivity index (χ1) is 14.9. The second-order valence-corrected chi connectivity index (χ2v) is 8.30. The first-order valence-electron chi connectivity index (χ1n) is 12.3. The summed E-state index contributed by atoms with van der Waals surface area (Å²) in [5.74, 6) is -0.769. The van der Waals surface area contributed by atoms with Crippen molar-refractivity contribution >= 4 is 5.97 Å². The molecule has 0 saturated heterocycles. The van der Waals surface area contributed by atoms with Crippen LogP contribution in [0.2, 0.25) is 0 Å². The Morgan fingerprint density at radius 2 is 1.45 bits per heavy atom. The van der Waals surface area contributed by atoms with Crippen LogP contribution in [0.3, 0.4) is 0 Å². The largest absolute Gasteiger partial charge is 0.481 e. The molecule has 2 aromatic rings. The van der Waals surface area contributed by atoms with E-state index in [2.05, 4.69) is 76.2 Å². The molecule has 0 aliphatic rings. The van der Waals surface area contributed by atoms with Gasteiger partial charge < -0.3 is 5.11 Å². The predicted molar refractivity (Wildman–Crippen MR) is 136 cm³/mol. The molecule has 0 bridgehead atoms. The van der Waals surface area contributed by atoms with Gasteiger partial charge in [0.15, 0.2) is 0 Å². The minimum atomic E-state index is -0.653. The van der Waals surface area contributed by atoms with Gasteiger partial charge in [-0.1, -0.05) is 108 Å². The van der Waals surface area contributed by atoms with Crippen LogP contribution in [0.25, 0.3) is 0 Å². The maximum Gasteiger partial charge on any atom is 0.306 e. The number of hydrogen-bond acceptors (Lipinski definition) is 1.